The number of aliphatic hydroxyl groups is 1. The molecule has 30 heavy (non-hydrogen) atoms. The number of hydrogen-bond acceptors (Lipinski definition) is 5. The lowest BCUT2D eigenvalue weighted by molar-refractivity contribution is -0.0231. The lowest BCUT2D eigenvalue weighted by atomic mass is 9.78. The van der Waals surface area contributed by atoms with E-state index in [0.29, 0.717) is 37.4 Å². The molecule has 0 bridgehead atoms. The number of fused-ring (bicyclic) bond motifs is 2. The molecule has 8 heteroatoms. The third kappa shape index (κ3) is 3.81. The summed E-state index contributed by atoms with van der Waals surface area (Å²) in [5.74, 6) is 1.73. The second kappa shape index (κ2) is 8.00. The van der Waals surface area contributed by atoms with Crippen LogP contribution in [0.1, 0.15) is 29.2 Å². The lowest BCUT2D eigenvalue weighted by Gasteiger charge is -2.35. The summed E-state index contributed by atoms with van der Waals surface area (Å²) in [4.78, 5) is 19.6. The van der Waals surface area contributed by atoms with Gasteiger partial charge in [-0.1, -0.05) is 0 Å². The maximum absolute atomic E-state index is 13.1. The van der Waals surface area contributed by atoms with Crippen molar-refractivity contribution >= 4 is 5.91 Å². The van der Waals surface area contributed by atoms with Crippen LogP contribution in [-0.2, 0) is 13.0 Å². The Morgan fingerprint density at radius 2 is 1.93 bits per heavy atom. The first-order valence-corrected chi connectivity index (χ1v) is 10.7. The average Bonchev–Trinajstić information content (AvgIpc) is 3.27. The number of hydrogen-bond donors (Lipinski definition) is 2. The summed E-state index contributed by atoms with van der Waals surface area (Å²) in [5.41, 5.74) is 0.519. The van der Waals surface area contributed by atoms with Crippen LogP contribution >= 0.6 is 0 Å². The molecule has 5 rings (SSSR count). The minimum atomic E-state index is -0.595. The Kier molecular flexibility index (Phi) is 5.20. The first-order valence-electron chi connectivity index (χ1n) is 10.7. The molecule has 2 N–H and O–H groups in total. The molecule has 3 heterocycles. The lowest BCUT2D eigenvalue weighted by Crippen LogP contribution is -2.42. The van der Waals surface area contributed by atoms with Crippen molar-refractivity contribution in [3.63, 3.8) is 0 Å². The first kappa shape index (κ1) is 19.5. The van der Waals surface area contributed by atoms with Gasteiger partial charge in [-0.2, -0.15) is 0 Å². The summed E-state index contributed by atoms with van der Waals surface area (Å²) in [6, 6.07) is 5.87. The highest BCUT2D eigenvalue weighted by Crippen LogP contribution is 2.38. The van der Waals surface area contributed by atoms with Gasteiger partial charge in [0.25, 0.3) is 5.91 Å². The fraction of sp³-hybridized carbons (Fsp3) is 0.545. The van der Waals surface area contributed by atoms with E-state index in [1.54, 1.807) is 12.1 Å². The fourth-order valence-corrected chi connectivity index (χ4v) is 5.01. The largest absolute Gasteiger partial charge is 0.488 e. The van der Waals surface area contributed by atoms with E-state index in [0.717, 1.165) is 31.9 Å². The quantitative estimate of drug-likeness (QED) is 0.795. The molecular weight excluding hydrogens is 387 g/mol. The van der Waals surface area contributed by atoms with Gasteiger partial charge in [-0.05, 0) is 48.9 Å². The van der Waals surface area contributed by atoms with Crippen LogP contribution in [-0.4, -0.2) is 63.9 Å². The topological polar surface area (TPSA) is 79.6 Å². The van der Waals surface area contributed by atoms with Gasteiger partial charge in [-0.25, -0.2) is 9.37 Å². The number of likely N-dealkylation sites (tertiary alicyclic amines) is 1. The van der Waals surface area contributed by atoms with Gasteiger partial charge in [-0.15, -0.1) is 0 Å². The Hall–Kier alpha value is -2.45. The van der Waals surface area contributed by atoms with Crippen LogP contribution in [0.3, 0.4) is 0 Å². The molecule has 1 aromatic carbocycles. The average molecular weight is 414 g/mol. The normalized spacial score (nSPS) is 28.5. The number of carbonyl (C=O) groups is 1. The summed E-state index contributed by atoms with van der Waals surface area (Å²) < 4.78 is 21.1. The predicted molar refractivity (Wildman–Crippen MR) is 108 cm³/mol. The van der Waals surface area contributed by atoms with Gasteiger partial charge in [0.05, 0.1) is 6.10 Å². The number of nitrogens with zero attached hydrogens (tertiary/aromatic N) is 3. The minimum Gasteiger partial charge on any atom is -0.488 e. The standard InChI is InChI=1S/C22H27FN4O3/c23-16-1-3-17(4-2-16)30-20-10-15-12-27(11-14(15)9-19(20)28)22(29)18-13-26-8-7-24-6-5-21(26)25-18/h1-4,13-15,19-20,24,28H,5-12H2/t14-,15+,19+,20+/m0/s1. The van der Waals surface area contributed by atoms with Crippen LogP contribution in [0.25, 0.3) is 0 Å². The van der Waals surface area contributed by atoms with Crippen molar-refractivity contribution in [1.82, 2.24) is 19.8 Å². The third-order valence-corrected chi connectivity index (χ3v) is 6.61. The van der Waals surface area contributed by atoms with Crippen molar-refractivity contribution in [2.75, 3.05) is 26.2 Å². The Morgan fingerprint density at radius 3 is 2.73 bits per heavy atom. The zero-order valence-corrected chi connectivity index (χ0v) is 16.8. The summed E-state index contributed by atoms with van der Waals surface area (Å²) in [5, 5.41) is 13.9. The monoisotopic (exact) mass is 414 g/mol. The molecule has 2 aromatic rings. The number of halogens is 1. The summed E-state index contributed by atoms with van der Waals surface area (Å²) >= 11 is 0. The van der Waals surface area contributed by atoms with Gasteiger partial charge in [0.1, 0.15) is 29.2 Å². The van der Waals surface area contributed by atoms with Gasteiger partial charge in [0, 0.05) is 45.3 Å². The molecule has 4 atom stereocenters. The van der Waals surface area contributed by atoms with Gasteiger partial charge >= 0.3 is 0 Å². The number of imidazole rings is 1. The number of nitrogens with one attached hydrogen (secondary N) is 1. The van der Waals surface area contributed by atoms with Crippen molar-refractivity contribution in [3.05, 3.63) is 47.8 Å². The zero-order chi connectivity index (χ0) is 20.7. The van der Waals surface area contributed by atoms with Crippen molar-refractivity contribution < 1.29 is 19.0 Å². The molecule has 2 fully saturated rings. The van der Waals surface area contributed by atoms with E-state index < -0.39 is 6.10 Å². The van der Waals surface area contributed by atoms with Gasteiger partial charge < -0.3 is 24.6 Å². The number of amides is 1. The van der Waals surface area contributed by atoms with Gasteiger partial charge in [0.15, 0.2) is 0 Å². The number of aromatic nitrogens is 2. The molecule has 3 aliphatic rings. The SMILES string of the molecule is O=C(c1cn2c(n1)CCNCC2)N1C[C@H]2C[C@@H](Oc3ccc(F)cc3)[C@H](O)C[C@H]2C1. The van der Waals surface area contributed by atoms with Crippen LogP contribution in [0, 0.1) is 17.7 Å². The zero-order valence-electron chi connectivity index (χ0n) is 16.8. The molecule has 1 aromatic heterocycles. The third-order valence-electron chi connectivity index (χ3n) is 6.61. The second-order valence-corrected chi connectivity index (χ2v) is 8.62. The maximum Gasteiger partial charge on any atom is 0.274 e. The predicted octanol–water partition coefficient (Wildman–Crippen LogP) is 1.46. The van der Waals surface area contributed by atoms with Crippen LogP contribution in [0.5, 0.6) is 5.75 Å². The molecular formula is C22H27FN4O3. The Bertz CT molecular complexity index is 892. The van der Waals surface area contributed by atoms with Gasteiger partial charge in [-0.3, -0.25) is 4.79 Å². The number of aliphatic hydroxyl groups excluding tert-OH is 1. The number of benzene rings is 1. The van der Waals surface area contributed by atoms with Crippen molar-refractivity contribution in [1.29, 1.82) is 0 Å². The van der Waals surface area contributed by atoms with E-state index in [9.17, 15) is 14.3 Å². The number of rotatable bonds is 3. The van der Waals surface area contributed by atoms with Crippen LogP contribution < -0.4 is 10.1 Å². The highest BCUT2D eigenvalue weighted by Gasteiger charge is 2.44. The molecule has 0 unspecified atom stereocenters. The van der Waals surface area contributed by atoms with E-state index in [1.807, 2.05) is 11.1 Å². The van der Waals surface area contributed by atoms with E-state index in [2.05, 4.69) is 14.9 Å². The second-order valence-electron chi connectivity index (χ2n) is 8.62. The van der Waals surface area contributed by atoms with Crippen LogP contribution in [0.4, 0.5) is 4.39 Å². The molecule has 0 radical (unpaired) electrons. The first-order chi connectivity index (χ1) is 14.6. The summed E-state index contributed by atoms with van der Waals surface area (Å²) in [7, 11) is 0. The molecule has 1 amide bonds. The highest BCUT2D eigenvalue weighted by atomic mass is 19.1. The smallest absolute Gasteiger partial charge is 0.274 e. The molecule has 1 saturated carbocycles. The molecule has 0 spiro atoms. The maximum atomic E-state index is 13.1. The summed E-state index contributed by atoms with van der Waals surface area (Å²) in [6.07, 6.45) is 3.05. The number of ether oxygens (including phenoxy) is 1. The molecule has 160 valence electrons. The number of carbonyl (C=O) groups excluding carboxylic acids is 1. The molecule has 7 nitrogen and oxygen atoms in total. The van der Waals surface area contributed by atoms with Crippen molar-refractivity contribution in [3.8, 4) is 5.75 Å². The Morgan fingerprint density at radius 1 is 1.17 bits per heavy atom. The minimum absolute atomic E-state index is 0.0246. The van der Waals surface area contributed by atoms with Crippen molar-refractivity contribution in [2.24, 2.45) is 11.8 Å². The molecule has 2 aliphatic heterocycles. The highest BCUT2D eigenvalue weighted by molar-refractivity contribution is 5.92. The summed E-state index contributed by atoms with van der Waals surface area (Å²) in [6.45, 7) is 3.90. The Labute approximate surface area is 174 Å². The Balaban J connectivity index is 1.24. The van der Waals surface area contributed by atoms with Crippen LogP contribution in [0.2, 0.25) is 0 Å². The van der Waals surface area contributed by atoms with E-state index in [-0.39, 0.29) is 29.7 Å². The van der Waals surface area contributed by atoms with E-state index in [4.69, 9.17) is 4.74 Å². The molecule has 1 saturated heterocycles. The van der Waals surface area contributed by atoms with E-state index in [1.165, 1.54) is 12.1 Å². The molecule has 1 aliphatic carbocycles. The van der Waals surface area contributed by atoms with Crippen LogP contribution in [0.15, 0.2) is 30.5 Å². The fourth-order valence-electron chi connectivity index (χ4n) is 5.01. The van der Waals surface area contributed by atoms with E-state index >= 15 is 0 Å². The van der Waals surface area contributed by atoms with Crippen molar-refractivity contribution in [2.45, 2.75) is 38.0 Å². The van der Waals surface area contributed by atoms with Gasteiger partial charge in [0.2, 0.25) is 0 Å².